The summed E-state index contributed by atoms with van der Waals surface area (Å²) < 4.78 is 5.97. The Labute approximate surface area is 128 Å². The summed E-state index contributed by atoms with van der Waals surface area (Å²) in [7, 11) is 0. The van der Waals surface area contributed by atoms with Crippen molar-refractivity contribution in [3.63, 3.8) is 0 Å². The van der Waals surface area contributed by atoms with Crippen molar-refractivity contribution < 1.29 is 9.66 Å². The Morgan fingerprint density at radius 3 is 2.70 bits per heavy atom. The maximum atomic E-state index is 10.9. The smallest absolute Gasteiger partial charge is 0.287 e. The van der Waals surface area contributed by atoms with Gasteiger partial charge in [-0.15, -0.1) is 0 Å². The predicted octanol–water partition coefficient (Wildman–Crippen LogP) is 4.26. The molecule has 0 aliphatic heterocycles. The Kier molecular flexibility index (Phi) is 4.59. The van der Waals surface area contributed by atoms with Crippen molar-refractivity contribution in [2.24, 2.45) is 5.73 Å². The molecule has 0 bridgehead atoms. The molecule has 0 aliphatic rings. The number of halogens is 2. The first-order chi connectivity index (χ1) is 9.52. The summed E-state index contributed by atoms with van der Waals surface area (Å²) in [4.78, 5) is 10.4. The Bertz CT molecular complexity index is 664. The van der Waals surface area contributed by atoms with E-state index in [-0.39, 0.29) is 16.7 Å². The maximum absolute atomic E-state index is 10.9. The van der Waals surface area contributed by atoms with Gasteiger partial charge in [0.2, 0.25) is 0 Å². The van der Waals surface area contributed by atoms with Crippen LogP contribution in [-0.4, -0.2) is 4.92 Å². The largest absolute Gasteiger partial charge is 0.456 e. The molecule has 0 saturated carbocycles. The van der Waals surface area contributed by atoms with Crippen LogP contribution < -0.4 is 10.5 Å². The van der Waals surface area contributed by atoms with E-state index in [1.54, 1.807) is 30.3 Å². The van der Waals surface area contributed by atoms with E-state index < -0.39 is 4.92 Å². The van der Waals surface area contributed by atoms with Crippen LogP contribution in [0, 0.1) is 10.1 Å². The molecule has 0 aliphatic carbocycles. The third kappa shape index (κ3) is 3.09. The van der Waals surface area contributed by atoms with Crippen LogP contribution in [0.1, 0.15) is 5.56 Å². The van der Waals surface area contributed by atoms with Crippen LogP contribution in [0.15, 0.2) is 40.9 Å². The van der Waals surface area contributed by atoms with Crippen LogP contribution >= 0.6 is 27.5 Å². The molecule has 2 rings (SSSR count). The zero-order valence-electron chi connectivity index (χ0n) is 10.2. The zero-order valence-corrected chi connectivity index (χ0v) is 12.5. The molecule has 0 radical (unpaired) electrons. The van der Waals surface area contributed by atoms with E-state index in [9.17, 15) is 10.1 Å². The third-order valence-electron chi connectivity index (χ3n) is 2.60. The number of ether oxygens (including phenoxy) is 1. The SMILES string of the molecule is NCc1cc(Cl)ccc1Oc1cccc([N+](=O)[O-])c1Br. The number of nitro groups is 1. The van der Waals surface area contributed by atoms with Gasteiger partial charge in [-0.2, -0.15) is 0 Å². The van der Waals surface area contributed by atoms with Crippen molar-refractivity contribution in [1.29, 1.82) is 0 Å². The molecule has 20 heavy (non-hydrogen) atoms. The lowest BCUT2D eigenvalue weighted by molar-refractivity contribution is -0.385. The lowest BCUT2D eigenvalue weighted by Crippen LogP contribution is -2.00. The minimum Gasteiger partial charge on any atom is -0.456 e. The molecular weight excluding hydrogens is 348 g/mol. The summed E-state index contributed by atoms with van der Waals surface area (Å²) >= 11 is 9.06. The summed E-state index contributed by atoms with van der Waals surface area (Å²) in [6.07, 6.45) is 0. The van der Waals surface area contributed by atoms with Gasteiger partial charge in [0.05, 0.1) is 4.92 Å². The van der Waals surface area contributed by atoms with Gasteiger partial charge >= 0.3 is 0 Å². The Morgan fingerprint density at radius 1 is 1.30 bits per heavy atom. The van der Waals surface area contributed by atoms with Gasteiger partial charge in [0.15, 0.2) is 0 Å². The Morgan fingerprint density at radius 2 is 2.05 bits per heavy atom. The number of hydrogen-bond donors (Lipinski definition) is 1. The minimum atomic E-state index is -0.483. The van der Waals surface area contributed by atoms with Crippen molar-refractivity contribution in [3.8, 4) is 11.5 Å². The van der Waals surface area contributed by atoms with Crippen molar-refractivity contribution in [2.75, 3.05) is 0 Å². The van der Waals surface area contributed by atoms with E-state index in [1.807, 2.05) is 0 Å². The van der Waals surface area contributed by atoms with Crippen molar-refractivity contribution in [2.45, 2.75) is 6.54 Å². The average molecular weight is 358 g/mol. The van der Waals surface area contributed by atoms with E-state index in [4.69, 9.17) is 22.1 Å². The van der Waals surface area contributed by atoms with Crippen LogP contribution in [0.2, 0.25) is 5.02 Å². The Balaban J connectivity index is 2.40. The topological polar surface area (TPSA) is 78.4 Å². The summed E-state index contributed by atoms with van der Waals surface area (Å²) in [5.74, 6) is 0.856. The van der Waals surface area contributed by atoms with Gasteiger partial charge in [-0.25, -0.2) is 0 Å². The molecule has 0 heterocycles. The molecule has 104 valence electrons. The second kappa shape index (κ2) is 6.21. The molecule has 0 fully saturated rings. The highest BCUT2D eigenvalue weighted by Gasteiger charge is 2.17. The molecular formula is C13H10BrClN2O3. The van der Waals surface area contributed by atoms with Crippen molar-refractivity contribution in [3.05, 3.63) is 61.6 Å². The second-order valence-corrected chi connectivity index (χ2v) is 5.13. The molecule has 2 aromatic rings. The molecule has 7 heteroatoms. The number of hydrogen-bond acceptors (Lipinski definition) is 4. The highest BCUT2D eigenvalue weighted by molar-refractivity contribution is 9.10. The first kappa shape index (κ1) is 14.8. The van der Waals surface area contributed by atoms with Crippen LogP contribution in [0.25, 0.3) is 0 Å². The molecule has 5 nitrogen and oxygen atoms in total. The highest BCUT2D eigenvalue weighted by atomic mass is 79.9. The molecule has 0 amide bonds. The van der Waals surface area contributed by atoms with Crippen LogP contribution in [0.5, 0.6) is 11.5 Å². The quantitative estimate of drug-likeness (QED) is 0.655. The summed E-state index contributed by atoms with van der Waals surface area (Å²) in [5, 5.41) is 11.4. The fraction of sp³-hybridized carbons (Fsp3) is 0.0769. The van der Waals surface area contributed by atoms with Gasteiger partial charge in [-0.1, -0.05) is 17.7 Å². The number of nitrogens with two attached hydrogens (primary N) is 1. The van der Waals surface area contributed by atoms with Gasteiger partial charge in [0.1, 0.15) is 16.0 Å². The third-order valence-corrected chi connectivity index (χ3v) is 3.63. The second-order valence-electron chi connectivity index (χ2n) is 3.90. The highest BCUT2D eigenvalue weighted by Crippen LogP contribution is 2.37. The first-order valence-electron chi connectivity index (χ1n) is 5.62. The molecule has 0 saturated heterocycles. The number of benzene rings is 2. The fourth-order valence-electron chi connectivity index (χ4n) is 1.64. The van der Waals surface area contributed by atoms with Gasteiger partial charge in [-0.3, -0.25) is 10.1 Å². The van der Waals surface area contributed by atoms with Crippen molar-refractivity contribution in [1.82, 2.24) is 0 Å². The van der Waals surface area contributed by atoms with E-state index in [0.717, 1.165) is 5.56 Å². The fourth-order valence-corrected chi connectivity index (χ4v) is 2.33. The Hall–Kier alpha value is -1.63. The van der Waals surface area contributed by atoms with Gasteiger partial charge in [-0.05, 0) is 40.2 Å². The molecule has 0 atom stereocenters. The number of nitrogens with zero attached hydrogens (tertiary/aromatic N) is 1. The first-order valence-corrected chi connectivity index (χ1v) is 6.79. The summed E-state index contributed by atoms with van der Waals surface area (Å²) in [6, 6.07) is 9.62. The predicted molar refractivity (Wildman–Crippen MR) is 80.2 cm³/mol. The lowest BCUT2D eigenvalue weighted by atomic mass is 10.2. The van der Waals surface area contributed by atoms with Crippen LogP contribution in [0.3, 0.4) is 0 Å². The summed E-state index contributed by atoms with van der Waals surface area (Å²) in [5.41, 5.74) is 6.29. The van der Waals surface area contributed by atoms with Gasteiger partial charge < -0.3 is 10.5 Å². The van der Waals surface area contributed by atoms with E-state index >= 15 is 0 Å². The van der Waals surface area contributed by atoms with E-state index in [2.05, 4.69) is 15.9 Å². The van der Waals surface area contributed by atoms with Crippen molar-refractivity contribution >= 4 is 33.2 Å². The normalized spacial score (nSPS) is 10.3. The number of nitro benzene ring substituents is 1. The zero-order chi connectivity index (χ0) is 14.7. The standard InChI is InChI=1S/C13H10BrClN2O3/c14-13-10(17(18)19)2-1-3-12(13)20-11-5-4-9(15)6-8(11)7-16/h1-6H,7,16H2. The van der Waals surface area contributed by atoms with Crippen LogP contribution in [0.4, 0.5) is 5.69 Å². The van der Waals surface area contributed by atoms with E-state index in [0.29, 0.717) is 16.5 Å². The van der Waals surface area contributed by atoms with Gasteiger partial charge in [0.25, 0.3) is 5.69 Å². The molecule has 0 spiro atoms. The van der Waals surface area contributed by atoms with Gasteiger partial charge in [0, 0.05) is 23.2 Å². The maximum Gasteiger partial charge on any atom is 0.287 e. The molecule has 0 unspecified atom stereocenters. The van der Waals surface area contributed by atoms with E-state index in [1.165, 1.54) is 6.07 Å². The lowest BCUT2D eigenvalue weighted by Gasteiger charge is -2.11. The van der Waals surface area contributed by atoms with Crippen LogP contribution in [-0.2, 0) is 6.54 Å². The molecule has 0 aromatic heterocycles. The average Bonchev–Trinajstić information content (AvgIpc) is 2.42. The monoisotopic (exact) mass is 356 g/mol. The molecule has 2 N–H and O–H groups in total. The minimum absolute atomic E-state index is 0.0641. The molecule has 2 aromatic carbocycles. The summed E-state index contributed by atoms with van der Waals surface area (Å²) in [6.45, 7) is 0.252. The number of rotatable bonds is 4.